The molecule has 1 aromatic rings. The summed E-state index contributed by atoms with van der Waals surface area (Å²) in [6.45, 7) is 3.60. The average Bonchev–Trinajstić information content (AvgIpc) is 2.03. The van der Waals surface area contributed by atoms with Crippen molar-refractivity contribution in [2.24, 2.45) is 0 Å². The zero-order chi connectivity index (χ0) is 9.14. The maximum Gasteiger partial charge on any atom is 0.127 e. The zero-order valence-corrected chi connectivity index (χ0v) is 7.17. The fraction of sp³-hybridized carbons (Fsp3) is 0.300. The first-order valence-corrected chi connectivity index (χ1v) is 3.86. The van der Waals surface area contributed by atoms with E-state index in [-0.39, 0.29) is 11.7 Å². The number of hydrogen-bond donors (Lipinski definition) is 0. The van der Waals surface area contributed by atoms with Crippen molar-refractivity contribution in [1.29, 1.82) is 0 Å². The van der Waals surface area contributed by atoms with Crippen LogP contribution in [0.2, 0.25) is 0 Å². The lowest BCUT2D eigenvalue weighted by Gasteiger charge is -2.07. The Morgan fingerprint density at radius 2 is 2.17 bits per heavy atom. The average molecular weight is 166 g/mol. The zero-order valence-electron chi connectivity index (χ0n) is 7.17. The first-order valence-electron chi connectivity index (χ1n) is 3.86. The molecule has 12 heavy (non-hydrogen) atoms. The van der Waals surface area contributed by atoms with Crippen molar-refractivity contribution < 1.29 is 9.18 Å². The van der Waals surface area contributed by atoms with E-state index in [0.29, 0.717) is 0 Å². The van der Waals surface area contributed by atoms with E-state index >= 15 is 0 Å². The predicted octanol–water partition coefficient (Wildman–Crippen LogP) is 2.44. The molecule has 0 saturated heterocycles. The Bertz CT molecular complexity index is 294. The van der Waals surface area contributed by atoms with Crippen LogP contribution in [0.4, 0.5) is 4.39 Å². The van der Waals surface area contributed by atoms with Crippen molar-refractivity contribution in [2.45, 2.75) is 19.8 Å². The standard InChI is InChI=1S/C10H11FO/c1-7-5-9(11)3-4-10(7)8(2)6-12/h3-6,8H,1-2H3. The van der Waals surface area contributed by atoms with Crippen molar-refractivity contribution >= 4 is 6.29 Å². The summed E-state index contributed by atoms with van der Waals surface area (Å²) in [6.07, 6.45) is 0.861. The molecule has 1 rings (SSSR count). The molecule has 0 heterocycles. The molecular formula is C10H11FO. The van der Waals surface area contributed by atoms with Gasteiger partial charge >= 0.3 is 0 Å². The minimum Gasteiger partial charge on any atom is -0.303 e. The maximum atomic E-state index is 12.6. The summed E-state index contributed by atoms with van der Waals surface area (Å²) in [5, 5.41) is 0. The van der Waals surface area contributed by atoms with Crippen molar-refractivity contribution in [2.75, 3.05) is 0 Å². The molecule has 0 N–H and O–H groups in total. The van der Waals surface area contributed by atoms with Gasteiger partial charge in [-0.3, -0.25) is 0 Å². The monoisotopic (exact) mass is 166 g/mol. The lowest BCUT2D eigenvalue weighted by Crippen LogP contribution is -1.97. The second kappa shape index (κ2) is 3.48. The van der Waals surface area contributed by atoms with Crippen LogP contribution in [0, 0.1) is 12.7 Å². The molecule has 0 aliphatic heterocycles. The van der Waals surface area contributed by atoms with Crippen LogP contribution in [0.25, 0.3) is 0 Å². The van der Waals surface area contributed by atoms with Gasteiger partial charge in [0.15, 0.2) is 0 Å². The number of halogens is 1. The van der Waals surface area contributed by atoms with E-state index in [2.05, 4.69) is 0 Å². The molecule has 0 spiro atoms. The largest absolute Gasteiger partial charge is 0.303 e. The quantitative estimate of drug-likeness (QED) is 0.617. The highest BCUT2D eigenvalue weighted by molar-refractivity contribution is 5.62. The number of benzene rings is 1. The molecule has 0 amide bonds. The minimum atomic E-state index is -0.255. The summed E-state index contributed by atoms with van der Waals surface area (Å²) in [5.74, 6) is -0.403. The molecule has 0 bridgehead atoms. The molecule has 1 atom stereocenters. The van der Waals surface area contributed by atoms with E-state index in [1.807, 2.05) is 0 Å². The van der Waals surface area contributed by atoms with Gasteiger partial charge in [0.25, 0.3) is 0 Å². The van der Waals surface area contributed by atoms with Crippen LogP contribution in [0.15, 0.2) is 18.2 Å². The normalized spacial score (nSPS) is 12.6. The summed E-state index contributed by atoms with van der Waals surface area (Å²) in [6, 6.07) is 4.47. The highest BCUT2D eigenvalue weighted by atomic mass is 19.1. The molecule has 1 nitrogen and oxygen atoms in total. The van der Waals surface area contributed by atoms with Gasteiger partial charge in [-0.2, -0.15) is 0 Å². The lowest BCUT2D eigenvalue weighted by molar-refractivity contribution is -0.108. The van der Waals surface area contributed by atoms with E-state index in [1.54, 1.807) is 19.9 Å². The molecule has 0 aliphatic rings. The molecule has 0 aromatic heterocycles. The molecule has 0 saturated carbocycles. The topological polar surface area (TPSA) is 17.1 Å². The van der Waals surface area contributed by atoms with Gasteiger partial charge in [0.2, 0.25) is 0 Å². The van der Waals surface area contributed by atoms with Crippen molar-refractivity contribution in [3.8, 4) is 0 Å². The van der Waals surface area contributed by atoms with Crippen LogP contribution in [0.1, 0.15) is 24.0 Å². The van der Waals surface area contributed by atoms with Crippen molar-refractivity contribution in [3.63, 3.8) is 0 Å². The fourth-order valence-corrected chi connectivity index (χ4v) is 1.22. The van der Waals surface area contributed by atoms with Gasteiger partial charge in [-0.05, 0) is 30.2 Å². The van der Waals surface area contributed by atoms with Crippen LogP contribution in [0.3, 0.4) is 0 Å². The summed E-state index contributed by atoms with van der Waals surface area (Å²) < 4.78 is 12.6. The number of carbonyl (C=O) groups is 1. The van der Waals surface area contributed by atoms with E-state index in [9.17, 15) is 9.18 Å². The second-order valence-electron chi connectivity index (χ2n) is 2.93. The van der Waals surface area contributed by atoms with Gasteiger partial charge in [-0.15, -0.1) is 0 Å². The SMILES string of the molecule is Cc1cc(F)ccc1C(C)C=O. The minimum absolute atomic E-state index is 0.148. The summed E-state index contributed by atoms with van der Waals surface area (Å²) in [5.41, 5.74) is 1.72. The van der Waals surface area contributed by atoms with Crippen molar-refractivity contribution in [3.05, 3.63) is 35.1 Å². The van der Waals surface area contributed by atoms with Crippen molar-refractivity contribution in [1.82, 2.24) is 0 Å². The third-order valence-electron chi connectivity index (χ3n) is 1.93. The molecular weight excluding hydrogens is 155 g/mol. The van der Waals surface area contributed by atoms with Crippen LogP contribution in [-0.2, 0) is 4.79 Å². The Morgan fingerprint density at radius 1 is 1.50 bits per heavy atom. The van der Waals surface area contributed by atoms with Gasteiger partial charge < -0.3 is 4.79 Å². The van der Waals surface area contributed by atoms with Crippen LogP contribution < -0.4 is 0 Å². The Hall–Kier alpha value is -1.18. The van der Waals surface area contributed by atoms with E-state index < -0.39 is 0 Å². The smallest absolute Gasteiger partial charge is 0.127 e. The number of rotatable bonds is 2. The molecule has 0 aliphatic carbocycles. The first-order chi connectivity index (χ1) is 5.65. The molecule has 2 heteroatoms. The summed E-state index contributed by atoms with van der Waals surface area (Å²) >= 11 is 0. The molecule has 1 aromatic carbocycles. The maximum absolute atomic E-state index is 12.6. The Balaban J connectivity index is 3.09. The molecule has 1 unspecified atom stereocenters. The first kappa shape index (κ1) is 8.91. The lowest BCUT2D eigenvalue weighted by atomic mass is 9.98. The van der Waals surface area contributed by atoms with Gasteiger partial charge in [0.1, 0.15) is 12.1 Å². The van der Waals surface area contributed by atoms with E-state index in [4.69, 9.17) is 0 Å². The number of aryl methyl sites for hydroxylation is 1. The number of carbonyl (C=O) groups excluding carboxylic acids is 1. The van der Waals surface area contributed by atoms with Crippen LogP contribution >= 0.6 is 0 Å². The summed E-state index contributed by atoms with van der Waals surface area (Å²) in [4.78, 5) is 10.4. The second-order valence-corrected chi connectivity index (χ2v) is 2.93. The van der Waals surface area contributed by atoms with Gasteiger partial charge in [0, 0.05) is 5.92 Å². The Morgan fingerprint density at radius 3 is 2.67 bits per heavy atom. The molecule has 0 radical (unpaired) electrons. The predicted molar refractivity (Wildman–Crippen MR) is 45.6 cm³/mol. The highest BCUT2D eigenvalue weighted by Gasteiger charge is 2.06. The van der Waals surface area contributed by atoms with Crippen LogP contribution in [0.5, 0.6) is 0 Å². The Labute approximate surface area is 71.2 Å². The summed E-state index contributed by atoms with van der Waals surface area (Å²) in [7, 11) is 0. The van der Waals surface area contributed by atoms with E-state index in [0.717, 1.165) is 17.4 Å². The van der Waals surface area contributed by atoms with E-state index in [1.165, 1.54) is 12.1 Å². The van der Waals surface area contributed by atoms with Crippen LogP contribution in [-0.4, -0.2) is 6.29 Å². The van der Waals surface area contributed by atoms with Gasteiger partial charge in [-0.1, -0.05) is 13.0 Å². The third kappa shape index (κ3) is 1.70. The third-order valence-corrected chi connectivity index (χ3v) is 1.93. The fourth-order valence-electron chi connectivity index (χ4n) is 1.22. The molecule has 0 fully saturated rings. The highest BCUT2D eigenvalue weighted by Crippen LogP contribution is 2.18. The number of aldehydes is 1. The Kier molecular flexibility index (Phi) is 2.58. The van der Waals surface area contributed by atoms with Gasteiger partial charge in [0.05, 0.1) is 0 Å². The molecule has 64 valence electrons. The van der Waals surface area contributed by atoms with Gasteiger partial charge in [-0.25, -0.2) is 4.39 Å². The number of hydrogen-bond acceptors (Lipinski definition) is 1.